The Kier molecular flexibility index (Phi) is 5.89. The van der Waals surface area contributed by atoms with E-state index in [0.29, 0.717) is 0 Å². The van der Waals surface area contributed by atoms with Crippen LogP contribution in [0, 0.1) is 12.3 Å². The Bertz CT molecular complexity index is 511. The van der Waals surface area contributed by atoms with Crippen molar-refractivity contribution < 1.29 is 9.53 Å². The summed E-state index contributed by atoms with van der Waals surface area (Å²) in [6.07, 6.45) is 8.16. The maximum absolute atomic E-state index is 13.0. The average molecular weight is 316 g/mol. The third kappa shape index (κ3) is 3.97. The summed E-state index contributed by atoms with van der Waals surface area (Å²) in [5, 5.41) is 0. The molecule has 0 spiro atoms. The summed E-state index contributed by atoms with van der Waals surface area (Å²) in [5.74, 6) is -0.00988. The molecule has 2 nitrogen and oxygen atoms in total. The Morgan fingerprint density at radius 3 is 2.26 bits per heavy atom. The minimum Gasteiger partial charge on any atom is -0.454 e. The molecule has 0 aromatic heterocycles. The lowest BCUT2D eigenvalue weighted by Crippen LogP contribution is -2.40. The van der Waals surface area contributed by atoms with Gasteiger partial charge in [0, 0.05) is 0 Å². The summed E-state index contributed by atoms with van der Waals surface area (Å²) in [6, 6.07) is 8.56. The van der Waals surface area contributed by atoms with E-state index in [0.717, 1.165) is 44.9 Å². The van der Waals surface area contributed by atoms with Crippen LogP contribution in [0.4, 0.5) is 0 Å². The second-order valence-corrected chi connectivity index (χ2v) is 7.47. The van der Waals surface area contributed by atoms with Crippen LogP contribution in [0.1, 0.15) is 83.3 Å². The number of carbonyl (C=O) groups is 1. The summed E-state index contributed by atoms with van der Waals surface area (Å²) < 4.78 is 6.27. The molecular weight excluding hydrogens is 284 g/mol. The highest BCUT2D eigenvalue weighted by molar-refractivity contribution is 5.77. The van der Waals surface area contributed by atoms with Gasteiger partial charge in [0.05, 0.1) is 5.41 Å². The molecule has 0 aliphatic heterocycles. The smallest absolute Gasteiger partial charge is 0.312 e. The monoisotopic (exact) mass is 316 g/mol. The van der Waals surface area contributed by atoms with Crippen molar-refractivity contribution in [2.75, 3.05) is 0 Å². The van der Waals surface area contributed by atoms with Crippen molar-refractivity contribution in [3.8, 4) is 0 Å². The molecule has 1 aliphatic carbocycles. The van der Waals surface area contributed by atoms with Crippen molar-refractivity contribution >= 4 is 5.97 Å². The minimum atomic E-state index is -0.410. The van der Waals surface area contributed by atoms with Gasteiger partial charge in [0.2, 0.25) is 0 Å². The van der Waals surface area contributed by atoms with Crippen LogP contribution in [0.2, 0.25) is 0 Å². The fraction of sp³-hybridized carbons (Fsp3) is 0.667. The van der Waals surface area contributed by atoms with Gasteiger partial charge in [0.25, 0.3) is 0 Å². The second-order valence-electron chi connectivity index (χ2n) is 7.47. The van der Waals surface area contributed by atoms with E-state index in [9.17, 15) is 4.79 Å². The molecule has 128 valence electrons. The molecule has 2 heteroatoms. The zero-order valence-electron chi connectivity index (χ0n) is 15.3. The number of esters is 1. The Morgan fingerprint density at radius 2 is 1.74 bits per heavy atom. The molecule has 0 heterocycles. The lowest BCUT2D eigenvalue weighted by Gasteiger charge is -2.40. The van der Waals surface area contributed by atoms with Crippen LogP contribution in [0.3, 0.4) is 0 Å². The van der Waals surface area contributed by atoms with Crippen LogP contribution in [-0.4, -0.2) is 5.97 Å². The van der Waals surface area contributed by atoms with Crippen molar-refractivity contribution in [1.82, 2.24) is 0 Å². The maximum Gasteiger partial charge on any atom is 0.312 e. The predicted octanol–water partition coefficient (Wildman–Crippen LogP) is 5.91. The predicted molar refractivity (Wildman–Crippen MR) is 95.3 cm³/mol. The van der Waals surface area contributed by atoms with Gasteiger partial charge in [-0.2, -0.15) is 0 Å². The van der Waals surface area contributed by atoms with Gasteiger partial charge < -0.3 is 4.74 Å². The van der Waals surface area contributed by atoms with Gasteiger partial charge in [-0.25, -0.2) is 0 Å². The van der Waals surface area contributed by atoms with E-state index in [-0.39, 0.29) is 11.4 Å². The standard InChI is InChI=1S/C21H32O2/c1-5-14-20(4,6-2)19(22)23-21(15-8-7-9-16-21)18-12-10-17(3)11-13-18/h10-13H,5-9,14-16H2,1-4H3. The molecule has 0 bridgehead atoms. The fourth-order valence-corrected chi connectivity index (χ4v) is 3.71. The molecule has 1 fully saturated rings. The van der Waals surface area contributed by atoms with Crippen LogP contribution < -0.4 is 0 Å². The van der Waals surface area contributed by atoms with Crippen LogP contribution in [0.15, 0.2) is 24.3 Å². The van der Waals surface area contributed by atoms with Gasteiger partial charge in [0.1, 0.15) is 5.60 Å². The number of rotatable bonds is 6. The van der Waals surface area contributed by atoms with E-state index in [1.807, 2.05) is 0 Å². The summed E-state index contributed by atoms with van der Waals surface area (Å²) in [4.78, 5) is 13.0. The Morgan fingerprint density at radius 1 is 1.13 bits per heavy atom. The first-order chi connectivity index (χ1) is 11.0. The van der Waals surface area contributed by atoms with Crippen molar-refractivity contribution in [3.05, 3.63) is 35.4 Å². The molecule has 23 heavy (non-hydrogen) atoms. The molecule has 0 radical (unpaired) electrons. The topological polar surface area (TPSA) is 26.3 Å². The molecule has 1 unspecified atom stereocenters. The van der Waals surface area contributed by atoms with Crippen LogP contribution >= 0.6 is 0 Å². The van der Waals surface area contributed by atoms with Crippen molar-refractivity contribution in [2.45, 2.75) is 84.7 Å². The Balaban J connectivity index is 2.28. The molecule has 1 aromatic rings. The number of ether oxygens (including phenoxy) is 1. The van der Waals surface area contributed by atoms with Gasteiger partial charge in [-0.3, -0.25) is 4.79 Å². The highest BCUT2D eigenvalue weighted by atomic mass is 16.6. The van der Waals surface area contributed by atoms with Crippen LogP contribution in [0.5, 0.6) is 0 Å². The summed E-state index contributed by atoms with van der Waals surface area (Å²) in [5.41, 5.74) is 1.65. The molecule has 1 aromatic carbocycles. The Labute approximate surface area is 141 Å². The molecule has 1 saturated carbocycles. The van der Waals surface area contributed by atoms with Gasteiger partial charge in [-0.15, -0.1) is 0 Å². The van der Waals surface area contributed by atoms with Crippen LogP contribution in [0.25, 0.3) is 0 Å². The van der Waals surface area contributed by atoms with E-state index in [1.165, 1.54) is 17.5 Å². The van der Waals surface area contributed by atoms with Crippen molar-refractivity contribution in [1.29, 1.82) is 0 Å². The van der Waals surface area contributed by atoms with Gasteiger partial charge in [-0.05, 0) is 57.9 Å². The molecule has 2 rings (SSSR count). The first-order valence-electron chi connectivity index (χ1n) is 9.26. The largest absolute Gasteiger partial charge is 0.454 e. The third-order valence-corrected chi connectivity index (χ3v) is 5.60. The lowest BCUT2D eigenvalue weighted by molar-refractivity contribution is -0.177. The quantitative estimate of drug-likeness (QED) is 0.609. The zero-order valence-corrected chi connectivity index (χ0v) is 15.3. The van der Waals surface area contributed by atoms with Gasteiger partial charge in [-0.1, -0.05) is 56.5 Å². The van der Waals surface area contributed by atoms with Crippen molar-refractivity contribution in [3.63, 3.8) is 0 Å². The molecule has 1 atom stereocenters. The summed E-state index contributed by atoms with van der Waals surface area (Å²) >= 11 is 0. The van der Waals surface area contributed by atoms with Gasteiger partial charge >= 0.3 is 5.97 Å². The number of benzene rings is 1. The van der Waals surface area contributed by atoms with Crippen LogP contribution in [-0.2, 0) is 15.1 Å². The van der Waals surface area contributed by atoms with E-state index in [4.69, 9.17) is 4.74 Å². The number of aryl methyl sites for hydroxylation is 1. The van der Waals surface area contributed by atoms with E-state index in [1.54, 1.807) is 0 Å². The summed E-state index contributed by atoms with van der Waals surface area (Å²) in [7, 11) is 0. The Hall–Kier alpha value is -1.31. The number of hydrogen-bond acceptors (Lipinski definition) is 2. The fourth-order valence-electron chi connectivity index (χ4n) is 3.71. The minimum absolute atomic E-state index is 0.00988. The zero-order chi connectivity index (χ0) is 16.9. The SMILES string of the molecule is CCCC(C)(CC)C(=O)OC1(c2ccc(C)cc2)CCCCC1. The molecule has 0 N–H and O–H groups in total. The van der Waals surface area contributed by atoms with Gasteiger partial charge in [0.15, 0.2) is 0 Å². The lowest BCUT2D eigenvalue weighted by atomic mass is 9.78. The first-order valence-corrected chi connectivity index (χ1v) is 9.26. The highest BCUT2D eigenvalue weighted by Crippen LogP contribution is 2.43. The van der Waals surface area contributed by atoms with Crippen molar-refractivity contribution in [2.24, 2.45) is 5.41 Å². The average Bonchev–Trinajstić information content (AvgIpc) is 2.56. The molecule has 0 amide bonds. The van der Waals surface area contributed by atoms with E-state index < -0.39 is 5.60 Å². The normalized spacial score (nSPS) is 19.8. The first kappa shape index (κ1) is 18.0. The highest BCUT2D eigenvalue weighted by Gasteiger charge is 2.42. The number of hydrogen-bond donors (Lipinski definition) is 0. The molecule has 0 saturated heterocycles. The second kappa shape index (κ2) is 7.51. The number of carbonyl (C=O) groups excluding carboxylic acids is 1. The molecule has 1 aliphatic rings. The maximum atomic E-state index is 13.0. The molecular formula is C21H32O2. The van der Waals surface area contributed by atoms with E-state index >= 15 is 0 Å². The van der Waals surface area contributed by atoms with E-state index in [2.05, 4.69) is 52.0 Å². The third-order valence-electron chi connectivity index (χ3n) is 5.60. The summed E-state index contributed by atoms with van der Waals surface area (Å²) in [6.45, 7) is 8.39.